The SMILES string of the molecule is COCCCNC(=O)[C@]1(C)Cn2nc(-c3ccccc3)cc2C(=O)N1c1ccc(C)c(Cl)c1. The highest BCUT2D eigenvalue weighted by atomic mass is 35.5. The maximum absolute atomic E-state index is 13.8. The van der Waals surface area contributed by atoms with Crippen LogP contribution in [0.1, 0.15) is 29.4 Å². The van der Waals surface area contributed by atoms with Gasteiger partial charge in [-0.25, -0.2) is 0 Å². The highest BCUT2D eigenvalue weighted by molar-refractivity contribution is 6.31. The van der Waals surface area contributed by atoms with Crippen LogP contribution in [0, 0.1) is 6.92 Å². The van der Waals surface area contributed by atoms with Crippen LogP contribution in [0.4, 0.5) is 5.69 Å². The summed E-state index contributed by atoms with van der Waals surface area (Å²) in [6.45, 7) is 4.85. The Morgan fingerprint density at radius 3 is 2.67 bits per heavy atom. The molecule has 1 N–H and O–H groups in total. The van der Waals surface area contributed by atoms with E-state index in [1.54, 1.807) is 30.8 Å². The first-order chi connectivity index (χ1) is 15.8. The molecule has 1 aliphatic rings. The molecule has 0 saturated heterocycles. The van der Waals surface area contributed by atoms with Crippen molar-refractivity contribution in [1.29, 1.82) is 0 Å². The first-order valence-electron chi connectivity index (χ1n) is 10.9. The number of halogens is 1. The third kappa shape index (κ3) is 4.38. The third-order valence-corrected chi connectivity index (χ3v) is 6.34. The number of carbonyl (C=O) groups is 2. The number of carbonyl (C=O) groups excluding carboxylic acids is 2. The Morgan fingerprint density at radius 2 is 1.97 bits per heavy atom. The standard InChI is InChI=1S/C25H27ClN4O3/c1-17-10-11-19(14-20(17)26)30-23(31)22-15-21(18-8-5-4-6-9-18)28-29(22)16-25(30,2)24(32)27-12-7-13-33-3/h4-6,8-11,14-15H,7,12-13,16H2,1-3H3,(H,27,32)/t25-/m0/s1. The molecule has 0 bridgehead atoms. The van der Waals surface area contributed by atoms with Crippen molar-refractivity contribution in [3.05, 3.63) is 70.9 Å². The van der Waals surface area contributed by atoms with Crippen molar-refractivity contribution in [1.82, 2.24) is 15.1 Å². The Morgan fingerprint density at radius 1 is 1.21 bits per heavy atom. The fourth-order valence-electron chi connectivity index (χ4n) is 4.07. The van der Waals surface area contributed by atoms with E-state index in [0.29, 0.717) is 41.7 Å². The molecular weight excluding hydrogens is 440 g/mol. The van der Waals surface area contributed by atoms with Crippen LogP contribution in [0.25, 0.3) is 11.3 Å². The zero-order valence-electron chi connectivity index (χ0n) is 19.0. The second-order valence-electron chi connectivity index (χ2n) is 8.39. The highest BCUT2D eigenvalue weighted by Crippen LogP contribution is 2.35. The minimum Gasteiger partial charge on any atom is -0.385 e. The Balaban J connectivity index is 1.76. The topological polar surface area (TPSA) is 76.5 Å². The second-order valence-corrected chi connectivity index (χ2v) is 8.80. The zero-order chi connectivity index (χ0) is 23.6. The van der Waals surface area contributed by atoms with Gasteiger partial charge in [-0.3, -0.25) is 19.2 Å². The van der Waals surface area contributed by atoms with E-state index in [0.717, 1.165) is 11.1 Å². The maximum atomic E-state index is 13.8. The molecule has 0 saturated carbocycles. The lowest BCUT2D eigenvalue weighted by Gasteiger charge is -2.43. The molecule has 0 fully saturated rings. The van der Waals surface area contributed by atoms with Crippen LogP contribution in [-0.4, -0.2) is 47.4 Å². The Hall–Kier alpha value is -3.16. The van der Waals surface area contributed by atoms with Crippen LogP contribution in [-0.2, 0) is 16.1 Å². The lowest BCUT2D eigenvalue weighted by molar-refractivity contribution is -0.126. The number of aryl methyl sites for hydroxylation is 1. The quantitative estimate of drug-likeness (QED) is 0.532. The highest BCUT2D eigenvalue weighted by Gasteiger charge is 2.48. The number of nitrogens with zero attached hydrogens (tertiary/aromatic N) is 3. The average Bonchev–Trinajstić information content (AvgIpc) is 3.23. The van der Waals surface area contributed by atoms with E-state index in [1.807, 2.05) is 49.4 Å². The second kappa shape index (κ2) is 9.37. The molecule has 4 rings (SSSR count). The van der Waals surface area contributed by atoms with E-state index in [4.69, 9.17) is 16.3 Å². The number of amides is 2. The summed E-state index contributed by atoms with van der Waals surface area (Å²) in [6, 6.07) is 16.8. The molecule has 1 atom stereocenters. The van der Waals surface area contributed by atoms with Crippen molar-refractivity contribution in [2.24, 2.45) is 0 Å². The number of rotatable bonds is 7. The fraction of sp³-hybridized carbons (Fsp3) is 0.320. The number of aromatic nitrogens is 2. The predicted molar refractivity (Wildman–Crippen MR) is 129 cm³/mol. The van der Waals surface area contributed by atoms with Gasteiger partial charge in [0.05, 0.1) is 12.2 Å². The lowest BCUT2D eigenvalue weighted by Crippen LogP contribution is -2.64. The molecule has 0 radical (unpaired) electrons. The van der Waals surface area contributed by atoms with E-state index >= 15 is 0 Å². The minimum atomic E-state index is -1.20. The van der Waals surface area contributed by atoms with Gasteiger partial charge in [0.2, 0.25) is 5.91 Å². The number of nitrogens with one attached hydrogen (secondary N) is 1. The summed E-state index contributed by atoms with van der Waals surface area (Å²) >= 11 is 6.39. The molecule has 2 heterocycles. The van der Waals surface area contributed by atoms with Crippen LogP contribution >= 0.6 is 11.6 Å². The van der Waals surface area contributed by atoms with Gasteiger partial charge in [0, 0.05) is 36.5 Å². The van der Waals surface area contributed by atoms with Crippen molar-refractivity contribution in [3.63, 3.8) is 0 Å². The van der Waals surface area contributed by atoms with Crippen LogP contribution in [0.2, 0.25) is 5.02 Å². The van der Waals surface area contributed by atoms with Crippen LogP contribution in [0.3, 0.4) is 0 Å². The summed E-state index contributed by atoms with van der Waals surface area (Å²) in [5.41, 5.74) is 2.28. The van der Waals surface area contributed by atoms with Crippen molar-refractivity contribution < 1.29 is 14.3 Å². The van der Waals surface area contributed by atoms with E-state index in [2.05, 4.69) is 10.4 Å². The first kappa shape index (κ1) is 23.0. The van der Waals surface area contributed by atoms with Gasteiger partial charge in [0.25, 0.3) is 5.91 Å². The van der Waals surface area contributed by atoms with Crippen molar-refractivity contribution in [3.8, 4) is 11.3 Å². The molecule has 1 aromatic heterocycles. The van der Waals surface area contributed by atoms with Gasteiger partial charge >= 0.3 is 0 Å². The van der Waals surface area contributed by atoms with Crippen LogP contribution in [0.5, 0.6) is 0 Å². The number of fused-ring (bicyclic) bond motifs is 1. The monoisotopic (exact) mass is 466 g/mol. The first-order valence-corrected chi connectivity index (χ1v) is 11.2. The Labute approximate surface area is 198 Å². The number of anilines is 1. The molecule has 1 aliphatic heterocycles. The van der Waals surface area contributed by atoms with Crippen molar-refractivity contribution in [2.45, 2.75) is 32.4 Å². The normalized spacial score (nSPS) is 17.7. The number of benzene rings is 2. The Bertz CT molecular complexity index is 1180. The summed E-state index contributed by atoms with van der Waals surface area (Å²) in [4.78, 5) is 28.7. The van der Waals surface area contributed by atoms with Gasteiger partial charge in [-0.15, -0.1) is 0 Å². The third-order valence-electron chi connectivity index (χ3n) is 5.94. The lowest BCUT2D eigenvalue weighted by atomic mass is 9.93. The molecule has 172 valence electrons. The number of ether oxygens (including phenoxy) is 1. The largest absolute Gasteiger partial charge is 0.385 e. The summed E-state index contributed by atoms with van der Waals surface area (Å²) < 4.78 is 6.70. The number of hydrogen-bond acceptors (Lipinski definition) is 4. The average molecular weight is 467 g/mol. The van der Waals surface area contributed by atoms with E-state index in [-0.39, 0.29) is 18.4 Å². The van der Waals surface area contributed by atoms with Gasteiger partial charge in [0.15, 0.2) is 0 Å². The number of methoxy groups -OCH3 is 1. The molecular formula is C25H27ClN4O3. The molecule has 3 aromatic rings. The number of hydrogen-bond donors (Lipinski definition) is 1. The van der Waals surface area contributed by atoms with Gasteiger partial charge in [-0.2, -0.15) is 5.10 Å². The molecule has 0 unspecified atom stereocenters. The van der Waals surface area contributed by atoms with E-state index in [9.17, 15) is 9.59 Å². The van der Waals surface area contributed by atoms with E-state index < -0.39 is 5.54 Å². The van der Waals surface area contributed by atoms with Gasteiger partial charge < -0.3 is 10.1 Å². The van der Waals surface area contributed by atoms with Crippen LogP contribution in [0.15, 0.2) is 54.6 Å². The molecule has 7 nitrogen and oxygen atoms in total. The molecule has 2 amide bonds. The molecule has 8 heteroatoms. The van der Waals surface area contributed by atoms with Gasteiger partial charge in [-0.1, -0.05) is 48.0 Å². The smallest absolute Gasteiger partial charge is 0.277 e. The molecule has 2 aromatic carbocycles. The predicted octanol–water partition coefficient (Wildman–Crippen LogP) is 4.08. The van der Waals surface area contributed by atoms with Gasteiger partial charge in [-0.05, 0) is 44.0 Å². The molecule has 0 aliphatic carbocycles. The summed E-state index contributed by atoms with van der Waals surface area (Å²) in [7, 11) is 1.62. The Kier molecular flexibility index (Phi) is 6.54. The molecule has 33 heavy (non-hydrogen) atoms. The fourth-order valence-corrected chi connectivity index (χ4v) is 4.24. The minimum absolute atomic E-state index is 0.211. The molecule has 0 spiro atoms. The van der Waals surface area contributed by atoms with E-state index in [1.165, 1.54) is 4.90 Å². The summed E-state index contributed by atoms with van der Waals surface area (Å²) in [6.07, 6.45) is 0.674. The summed E-state index contributed by atoms with van der Waals surface area (Å²) in [5, 5.41) is 8.15. The summed E-state index contributed by atoms with van der Waals surface area (Å²) in [5.74, 6) is -0.559. The van der Waals surface area contributed by atoms with Crippen molar-refractivity contribution >= 4 is 29.1 Å². The maximum Gasteiger partial charge on any atom is 0.277 e. The van der Waals surface area contributed by atoms with Crippen molar-refractivity contribution in [2.75, 3.05) is 25.2 Å². The zero-order valence-corrected chi connectivity index (χ0v) is 19.7. The van der Waals surface area contributed by atoms with Gasteiger partial charge in [0.1, 0.15) is 11.2 Å². The van der Waals surface area contributed by atoms with Crippen LogP contribution < -0.4 is 10.2 Å².